The number of halogens is 3. The van der Waals surface area contributed by atoms with E-state index in [2.05, 4.69) is 15.5 Å². The Balaban J connectivity index is 1.59. The molecular formula is C24H19Cl2FN4OS. The molecular weight excluding hydrogens is 482 g/mol. The molecule has 1 aromatic heterocycles. The summed E-state index contributed by atoms with van der Waals surface area (Å²) < 4.78 is 15.0. The van der Waals surface area contributed by atoms with Crippen molar-refractivity contribution >= 4 is 40.9 Å². The van der Waals surface area contributed by atoms with Crippen LogP contribution in [-0.4, -0.2) is 20.7 Å². The Labute approximate surface area is 204 Å². The minimum Gasteiger partial charge on any atom is -0.345 e. The summed E-state index contributed by atoms with van der Waals surface area (Å²) in [6.07, 6.45) is 0. The lowest BCUT2D eigenvalue weighted by molar-refractivity contribution is 0.0949. The van der Waals surface area contributed by atoms with Gasteiger partial charge in [-0.25, -0.2) is 4.39 Å². The number of nitrogens with one attached hydrogen (secondary N) is 1. The number of carbonyl (C=O) groups excluding carboxylic acids is 1. The second-order valence-corrected chi connectivity index (χ2v) is 9.08. The van der Waals surface area contributed by atoms with Gasteiger partial charge in [0.1, 0.15) is 5.82 Å². The van der Waals surface area contributed by atoms with Gasteiger partial charge < -0.3 is 5.32 Å². The van der Waals surface area contributed by atoms with Gasteiger partial charge in [0.2, 0.25) is 0 Å². The van der Waals surface area contributed by atoms with Crippen LogP contribution in [0.1, 0.15) is 27.3 Å². The Morgan fingerprint density at radius 2 is 1.76 bits per heavy atom. The zero-order valence-electron chi connectivity index (χ0n) is 17.6. The highest BCUT2D eigenvalue weighted by Crippen LogP contribution is 2.30. The van der Waals surface area contributed by atoms with E-state index in [0.29, 0.717) is 38.0 Å². The van der Waals surface area contributed by atoms with Gasteiger partial charge in [0, 0.05) is 16.3 Å². The molecule has 0 fully saturated rings. The van der Waals surface area contributed by atoms with Gasteiger partial charge in [-0.3, -0.25) is 9.36 Å². The van der Waals surface area contributed by atoms with E-state index in [0.717, 1.165) is 11.1 Å². The maximum atomic E-state index is 13.2. The summed E-state index contributed by atoms with van der Waals surface area (Å²) in [5.74, 6) is 0.569. The second-order valence-electron chi connectivity index (χ2n) is 7.29. The summed E-state index contributed by atoms with van der Waals surface area (Å²) in [7, 11) is 0. The number of benzene rings is 3. The van der Waals surface area contributed by atoms with Gasteiger partial charge in [0.15, 0.2) is 11.0 Å². The van der Waals surface area contributed by atoms with Gasteiger partial charge in [0.05, 0.1) is 17.3 Å². The van der Waals surface area contributed by atoms with Crippen molar-refractivity contribution in [3.05, 3.63) is 105 Å². The van der Waals surface area contributed by atoms with Crippen LogP contribution in [0.3, 0.4) is 0 Å². The third-order valence-corrected chi connectivity index (χ3v) is 6.39. The maximum Gasteiger partial charge on any atom is 0.251 e. The minimum absolute atomic E-state index is 0.149. The molecule has 0 radical (unpaired) electrons. The van der Waals surface area contributed by atoms with Crippen LogP contribution in [0.25, 0.3) is 5.69 Å². The van der Waals surface area contributed by atoms with Gasteiger partial charge in [-0.05, 0) is 55.0 Å². The Morgan fingerprint density at radius 3 is 2.45 bits per heavy atom. The Kier molecular flexibility index (Phi) is 7.33. The number of rotatable bonds is 7. The Morgan fingerprint density at radius 1 is 1.03 bits per heavy atom. The van der Waals surface area contributed by atoms with E-state index in [-0.39, 0.29) is 18.3 Å². The zero-order valence-corrected chi connectivity index (χ0v) is 19.9. The first-order valence-corrected chi connectivity index (χ1v) is 11.8. The van der Waals surface area contributed by atoms with E-state index in [4.69, 9.17) is 23.2 Å². The highest BCUT2D eigenvalue weighted by molar-refractivity contribution is 7.98. The highest BCUT2D eigenvalue weighted by atomic mass is 35.5. The van der Waals surface area contributed by atoms with Crippen molar-refractivity contribution in [1.29, 1.82) is 0 Å². The molecule has 0 aliphatic rings. The summed E-state index contributed by atoms with van der Waals surface area (Å²) in [5, 5.41) is 13.0. The minimum atomic E-state index is -0.286. The summed E-state index contributed by atoms with van der Waals surface area (Å²) in [6, 6.07) is 18.7. The van der Waals surface area contributed by atoms with Crippen molar-refractivity contribution in [3.63, 3.8) is 0 Å². The van der Waals surface area contributed by atoms with Gasteiger partial charge in [-0.2, -0.15) is 0 Å². The van der Waals surface area contributed by atoms with Crippen molar-refractivity contribution in [1.82, 2.24) is 20.1 Å². The summed E-state index contributed by atoms with van der Waals surface area (Å²) in [5.41, 5.74) is 3.22. The van der Waals surface area contributed by atoms with Crippen LogP contribution in [0.5, 0.6) is 0 Å². The third-order valence-electron chi connectivity index (χ3n) is 4.85. The largest absolute Gasteiger partial charge is 0.345 e. The third kappa shape index (κ3) is 5.74. The summed E-state index contributed by atoms with van der Waals surface area (Å²) >= 11 is 14.0. The lowest BCUT2D eigenvalue weighted by Crippen LogP contribution is -2.24. The van der Waals surface area contributed by atoms with Crippen LogP contribution in [0.2, 0.25) is 10.0 Å². The molecule has 168 valence electrons. The van der Waals surface area contributed by atoms with E-state index in [1.807, 2.05) is 19.1 Å². The molecule has 1 amide bonds. The van der Waals surface area contributed by atoms with E-state index >= 15 is 0 Å². The molecule has 0 unspecified atom stereocenters. The summed E-state index contributed by atoms with van der Waals surface area (Å²) in [4.78, 5) is 12.6. The number of hydrogen-bond acceptors (Lipinski definition) is 4. The number of carbonyl (C=O) groups is 1. The molecule has 5 nitrogen and oxygen atoms in total. The number of nitrogens with zero attached hydrogens (tertiary/aromatic N) is 3. The fourth-order valence-corrected chi connectivity index (χ4v) is 4.52. The van der Waals surface area contributed by atoms with Crippen molar-refractivity contribution in [2.45, 2.75) is 24.4 Å². The standard InChI is InChI=1S/C24H19Cl2FN4OS/c1-15-2-6-17(7-3-15)23(32)28-13-22-29-30-24(33-14-16-4-9-19(27)10-5-16)31(22)21-11-8-18(25)12-20(21)26/h2-12H,13-14H2,1H3,(H,28,32). The molecule has 4 aromatic rings. The molecule has 4 rings (SSSR count). The van der Waals surface area contributed by atoms with Crippen LogP contribution in [0.15, 0.2) is 71.9 Å². The monoisotopic (exact) mass is 500 g/mol. The van der Waals surface area contributed by atoms with Gasteiger partial charge in [-0.15, -0.1) is 10.2 Å². The molecule has 0 spiro atoms. The molecule has 0 atom stereocenters. The van der Waals surface area contributed by atoms with Gasteiger partial charge in [-0.1, -0.05) is 64.8 Å². The molecule has 1 N–H and O–H groups in total. The van der Waals surface area contributed by atoms with Crippen LogP contribution >= 0.6 is 35.0 Å². The van der Waals surface area contributed by atoms with Gasteiger partial charge in [0.25, 0.3) is 5.91 Å². The number of aromatic nitrogens is 3. The average molecular weight is 501 g/mol. The van der Waals surface area contributed by atoms with E-state index in [1.165, 1.54) is 23.9 Å². The number of amides is 1. The van der Waals surface area contributed by atoms with E-state index in [9.17, 15) is 9.18 Å². The molecule has 0 saturated heterocycles. The normalized spacial score (nSPS) is 10.9. The molecule has 1 heterocycles. The fraction of sp³-hybridized carbons (Fsp3) is 0.125. The van der Waals surface area contributed by atoms with Crippen LogP contribution in [0.4, 0.5) is 4.39 Å². The first-order chi connectivity index (χ1) is 15.9. The number of thioether (sulfide) groups is 1. The maximum absolute atomic E-state index is 13.2. The van der Waals surface area contributed by atoms with Crippen molar-refractivity contribution in [3.8, 4) is 5.69 Å². The topological polar surface area (TPSA) is 59.8 Å². The molecule has 0 aliphatic carbocycles. The highest BCUT2D eigenvalue weighted by Gasteiger charge is 2.18. The predicted octanol–water partition coefficient (Wildman–Crippen LogP) is 6.24. The smallest absolute Gasteiger partial charge is 0.251 e. The van der Waals surface area contributed by atoms with Gasteiger partial charge >= 0.3 is 0 Å². The zero-order chi connectivity index (χ0) is 23.4. The lowest BCUT2D eigenvalue weighted by Gasteiger charge is -2.13. The summed E-state index contributed by atoms with van der Waals surface area (Å²) in [6.45, 7) is 2.11. The van der Waals surface area contributed by atoms with Crippen molar-refractivity contribution in [2.24, 2.45) is 0 Å². The lowest BCUT2D eigenvalue weighted by atomic mass is 10.1. The van der Waals surface area contributed by atoms with Crippen molar-refractivity contribution < 1.29 is 9.18 Å². The molecule has 9 heteroatoms. The first kappa shape index (κ1) is 23.3. The molecule has 3 aromatic carbocycles. The average Bonchev–Trinajstić information content (AvgIpc) is 3.20. The fourth-order valence-electron chi connectivity index (χ4n) is 3.11. The van der Waals surface area contributed by atoms with E-state index in [1.54, 1.807) is 47.0 Å². The number of hydrogen-bond donors (Lipinski definition) is 1. The molecule has 0 saturated carbocycles. The number of aryl methyl sites for hydroxylation is 1. The molecule has 0 bridgehead atoms. The first-order valence-electron chi connectivity index (χ1n) is 10.0. The van der Waals surface area contributed by atoms with Crippen molar-refractivity contribution in [2.75, 3.05) is 0 Å². The SMILES string of the molecule is Cc1ccc(C(=O)NCc2nnc(SCc3ccc(F)cc3)n2-c2ccc(Cl)cc2Cl)cc1. The Bertz CT molecular complexity index is 1280. The molecule has 33 heavy (non-hydrogen) atoms. The second kappa shape index (κ2) is 10.4. The van der Waals surface area contributed by atoms with Crippen LogP contribution in [0, 0.1) is 12.7 Å². The predicted molar refractivity (Wildman–Crippen MR) is 130 cm³/mol. The van der Waals surface area contributed by atoms with Crippen LogP contribution in [-0.2, 0) is 12.3 Å². The Hall–Kier alpha value is -2.87. The quantitative estimate of drug-likeness (QED) is 0.305. The van der Waals surface area contributed by atoms with Crippen LogP contribution < -0.4 is 5.32 Å². The molecule has 0 aliphatic heterocycles. The van der Waals surface area contributed by atoms with E-state index < -0.39 is 0 Å².